The fourth-order valence-electron chi connectivity index (χ4n) is 1.40. The smallest absolute Gasteiger partial charge is 0.0387 e. The first kappa shape index (κ1) is 9.17. The highest BCUT2D eigenvalue weighted by molar-refractivity contribution is 14.1. The average Bonchev–Trinajstić information content (AvgIpc) is 2.31. The Bertz CT molecular complexity index is 95.3. The molecule has 1 rings (SSSR count). The van der Waals surface area contributed by atoms with Crippen molar-refractivity contribution in [2.75, 3.05) is 11.5 Å². The lowest BCUT2D eigenvalue weighted by Crippen LogP contribution is -1.95. The van der Waals surface area contributed by atoms with E-state index < -0.39 is 0 Å². The molecule has 0 aromatic rings. The number of alkyl halides is 1. The third-order valence-electron chi connectivity index (χ3n) is 2.08. The number of hydrogen-bond donors (Lipinski definition) is 1. The maximum atomic E-state index is 2.66. The van der Waals surface area contributed by atoms with Crippen LogP contribution in [0.3, 0.4) is 0 Å². The molecule has 0 N–H and O–H groups in total. The summed E-state index contributed by atoms with van der Waals surface area (Å²) in [7, 11) is 0.474. The van der Waals surface area contributed by atoms with Crippen molar-refractivity contribution >= 4 is 33.5 Å². The fraction of sp³-hybridized carbons (Fsp3) is 1.00. The summed E-state index contributed by atoms with van der Waals surface area (Å²) in [5.41, 5.74) is 0. The quantitative estimate of drug-likeness (QED) is 0.454. The number of hydrogen-bond acceptors (Lipinski definition) is 0. The first-order chi connectivity index (χ1) is 4.84. The third-order valence-corrected chi connectivity index (χ3v) is 7.90. The summed E-state index contributed by atoms with van der Waals surface area (Å²) in [6.45, 7) is 2.30. The highest BCUT2D eigenvalue weighted by atomic mass is 127. The standard InChI is InChI=1S/C8H17IS/c1-2-3-6-10-7-4-5-8(10)9/h8,10H,2-7H2,1H3. The Morgan fingerprint density at radius 1 is 1.60 bits per heavy atom. The molecule has 0 aliphatic carbocycles. The first-order valence-electron chi connectivity index (χ1n) is 4.22. The largest absolute Gasteiger partial charge is 0.242 e. The molecule has 10 heavy (non-hydrogen) atoms. The molecule has 1 saturated heterocycles. The summed E-state index contributed by atoms with van der Waals surface area (Å²) in [5, 5.41) is 0. The summed E-state index contributed by atoms with van der Waals surface area (Å²) < 4.78 is 1.07. The third kappa shape index (κ3) is 2.61. The highest BCUT2D eigenvalue weighted by Gasteiger charge is 2.19. The van der Waals surface area contributed by atoms with Crippen molar-refractivity contribution in [3.05, 3.63) is 0 Å². The Labute approximate surface area is 80.6 Å². The van der Waals surface area contributed by atoms with Crippen LogP contribution in [0, 0.1) is 0 Å². The number of rotatable bonds is 3. The molecule has 1 aliphatic rings. The van der Waals surface area contributed by atoms with Crippen LogP contribution in [0.5, 0.6) is 0 Å². The van der Waals surface area contributed by atoms with Crippen molar-refractivity contribution in [3.8, 4) is 0 Å². The minimum atomic E-state index is 0.474. The second kappa shape index (κ2) is 4.86. The van der Waals surface area contributed by atoms with E-state index in [0.717, 1.165) is 3.26 Å². The Balaban J connectivity index is 2.14. The summed E-state index contributed by atoms with van der Waals surface area (Å²) in [6, 6.07) is 0. The number of unbranched alkanes of at least 4 members (excludes halogenated alkanes) is 1. The summed E-state index contributed by atoms with van der Waals surface area (Å²) in [5.74, 6) is 3.13. The molecule has 0 spiro atoms. The summed E-state index contributed by atoms with van der Waals surface area (Å²) in [6.07, 6.45) is 5.90. The molecule has 0 amide bonds. The molecule has 0 nitrogen and oxygen atoms in total. The van der Waals surface area contributed by atoms with Crippen LogP contribution in [-0.2, 0) is 0 Å². The lowest BCUT2D eigenvalue weighted by atomic mass is 10.4. The minimum Gasteiger partial charge on any atom is -0.242 e. The molecule has 0 bridgehead atoms. The van der Waals surface area contributed by atoms with Gasteiger partial charge in [0.1, 0.15) is 0 Å². The van der Waals surface area contributed by atoms with E-state index in [9.17, 15) is 0 Å². The first-order valence-corrected chi connectivity index (χ1v) is 7.25. The fourth-order valence-corrected chi connectivity index (χ4v) is 6.15. The molecule has 1 heterocycles. The maximum absolute atomic E-state index is 2.66. The Hall–Kier alpha value is 1.08. The van der Waals surface area contributed by atoms with Gasteiger partial charge in [0.05, 0.1) is 0 Å². The van der Waals surface area contributed by atoms with E-state index in [1.807, 2.05) is 0 Å². The molecule has 2 heteroatoms. The van der Waals surface area contributed by atoms with Gasteiger partial charge in [0, 0.05) is 3.26 Å². The SMILES string of the molecule is CCCC[SH]1CCCC1I. The van der Waals surface area contributed by atoms with Crippen molar-refractivity contribution in [2.24, 2.45) is 0 Å². The van der Waals surface area contributed by atoms with Crippen molar-refractivity contribution in [1.29, 1.82) is 0 Å². The zero-order valence-electron chi connectivity index (χ0n) is 6.65. The zero-order chi connectivity index (χ0) is 7.40. The van der Waals surface area contributed by atoms with Crippen LogP contribution in [-0.4, -0.2) is 14.8 Å². The van der Waals surface area contributed by atoms with E-state index >= 15 is 0 Å². The topological polar surface area (TPSA) is 0 Å². The molecule has 2 atom stereocenters. The van der Waals surface area contributed by atoms with E-state index in [2.05, 4.69) is 29.5 Å². The highest BCUT2D eigenvalue weighted by Crippen LogP contribution is 2.45. The van der Waals surface area contributed by atoms with E-state index in [1.54, 1.807) is 11.5 Å². The van der Waals surface area contributed by atoms with Gasteiger partial charge in [-0.2, -0.15) is 0 Å². The molecule has 1 fully saturated rings. The predicted octanol–water partition coefficient (Wildman–Crippen LogP) is 3.34. The van der Waals surface area contributed by atoms with Crippen molar-refractivity contribution in [1.82, 2.24) is 0 Å². The van der Waals surface area contributed by atoms with E-state index in [4.69, 9.17) is 0 Å². The van der Waals surface area contributed by atoms with Crippen LogP contribution in [0.1, 0.15) is 32.6 Å². The molecule has 0 aromatic heterocycles. The Morgan fingerprint density at radius 3 is 2.90 bits per heavy atom. The van der Waals surface area contributed by atoms with Crippen LogP contribution in [0.15, 0.2) is 0 Å². The lowest BCUT2D eigenvalue weighted by molar-refractivity contribution is 0.894. The van der Waals surface area contributed by atoms with Gasteiger partial charge in [-0.05, 0) is 30.8 Å². The van der Waals surface area contributed by atoms with E-state index in [1.165, 1.54) is 25.7 Å². The second-order valence-corrected chi connectivity index (χ2v) is 8.15. The maximum Gasteiger partial charge on any atom is 0.0387 e. The van der Waals surface area contributed by atoms with E-state index in [-0.39, 0.29) is 0 Å². The molecule has 62 valence electrons. The summed E-state index contributed by atoms with van der Waals surface area (Å²) in [4.78, 5) is 0. The van der Waals surface area contributed by atoms with Crippen LogP contribution < -0.4 is 0 Å². The Morgan fingerprint density at radius 2 is 2.40 bits per heavy atom. The van der Waals surface area contributed by atoms with Crippen LogP contribution in [0.2, 0.25) is 0 Å². The van der Waals surface area contributed by atoms with E-state index in [0.29, 0.717) is 10.9 Å². The van der Waals surface area contributed by atoms with Crippen LogP contribution >= 0.6 is 33.5 Å². The van der Waals surface area contributed by atoms with Gasteiger partial charge in [-0.15, -0.1) is 0 Å². The average molecular weight is 272 g/mol. The summed E-state index contributed by atoms with van der Waals surface area (Å²) >= 11 is 2.66. The van der Waals surface area contributed by atoms with Gasteiger partial charge in [0.15, 0.2) is 0 Å². The normalized spacial score (nSPS) is 36.6. The van der Waals surface area contributed by atoms with Gasteiger partial charge in [-0.3, -0.25) is 0 Å². The predicted molar refractivity (Wildman–Crippen MR) is 60.7 cm³/mol. The molecule has 0 aromatic carbocycles. The minimum absolute atomic E-state index is 0.474. The molecule has 1 aliphatic heterocycles. The van der Waals surface area contributed by atoms with Gasteiger partial charge < -0.3 is 0 Å². The van der Waals surface area contributed by atoms with Crippen LogP contribution in [0.25, 0.3) is 0 Å². The molecular formula is C8H17IS. The molecule has 0 radical (unpaired) electrons. The second-order valence-electron chi connectivity index (χ2n) is 2.97. The molecular weight excluding hydrogens is 255 g/mol. The van der Waals surface area contributed by atoms with Gasteiger partial charge in [-0.1, -0.05) is 35.9 Å². The molecule has 2 unspecified atom stereocenters. The monoisotopic (exact) mass is 272 g/mol. The van der Waals surface area contributed by atoms with Gasteiger partial charge in [0.25, 0.3) is 0 Å². The number of thiol groups is 1. The van der Waals surface area contributed by atoms with Crippen molar-refractivity contribution in [2.45, 2.75) is 35.9 Å². The zero-order valence-corrected chi connectivity index (χ0v) is 9.70. The van der Waals surface area contributed by atoms with Gasteiger partial charge in [0.2, 0.25) is 0 Å². The molecule has 0 saturated carbocycles. The number of halogens is 1. The van der Waals surface area contributed by atoms with Crippen molar-refractivity contribution in [3.63, 3.8) is 0 Å². The Kier molecular flexibility index (Phi) is 4.45. The van der Waals surface area contributed by atoms with Gasteiger partial charge in [-0.25, -0.2) is 10.9 Å². The lowest BCUT2D eigenvalue weighted by Gasteiger charge is -2.17. The van der Waals surface area contributed by atoms with Crippen molar-refractivity contribution < 1.29 is 0 Å². The van der Waals surface area contributed by atoms with Crippen LogP contribution in [0.4, 0.5) is 0 Å². The van der Waals surface area contributed by atoms with Gasteiger partial charge >= 0.3 is 0 Å².